The Kier molecular flexibility index (Phi) is 6.61. The molecule has 4 rings (SSSR count). The number of methoxy groups -OCH3 is 1. The first kappa shape index (κ1) is 20.8. The normalized spacial score (nSPS) is 19.0. The zero-order valence-electron chi connectivity index (χ0n) is 17.5. The number of pyridine rings is 1. The SMILES string of the molecule is COCC1CCCC(COc2cc(-c3cnc4ccccn34)cc(SC)c2C#N)C1. The van der Waals surface area contributed by atoms with Crippen molar-refractivity contribution in [2.24, 2.45) is 11.8 Å². The van der Waals surface area contributed by atoms with Crippen LogP contribution in [-0.2, 0) is 4.74 Å². The van der Waals surface area contributed by atoms with Crippen LogP contribution in [0.1, 0.15) is 31.2 Å². The van der Waals surface area contributed by atoms with Gasteiger partial charge in [-0.15, -0.1) is 11.8 Å². The number of benzene rings is 1. The fourth-order valence-corrected chi connectivity index (χ4v) is 5.01. The molecule has 1 aliphatic carbocycles. The van der Waals surface area contributed by atoms with Gasteiger partial charge in [0.2, 0.25) is 0 Å². The van der Waals surface area contributed by atoms with E-state index in [4.69, 9.17) is 9.47 Å². The smallest absolute Gasteiger partial charge is 0.138 e. The van der Waals surface area contributed by atoms with Gasteiger partial charge in [-0.25, -0.2) is 4.98 Å². The standard InChI is InChI=1S/C24H27N3O2S/c1-28-15-17-6-5-7-18(10-17)16-29-22-11-19(12-23(30-2)20(22)13-25)21-14-26-24-8-3-4-9-27(21)24/h3-4,8-9,11-12,14,17-18H,5-7,10,15-16H2,1-2H3. The van der Waals surface area contributed by atoms with Crippen molar-refractivity contribution in [3.8, 4) is 23.1 Å². The second kappa shape index (κ2) is 9.55. The van der Waals surface area contributed by atoms with Crippen LogP contribution < -0.4 is 4.74 Å². The highest BCUT2D eigenvalue weighted by Crippen LogP contribution is 2.36. The summed E-state index contributed by atoms with van der Waals surface area (Å²) in [4.78, 5) is 5.43. The van der Waals surface area contributed by atoms with Gasteiger partial charge in [-0.2, -0.15) is 5.26 Å². The topological polar surface area (TPSA) is 59.6 Å². The number of fused-ring (bicyclic) bond motifs is 1. The molecule has 1 fully saturated rings. The molecule has 0 N–H and O–H groups in total. The predicted octanol–water partition coefficient (Wildman–Crippen LogP) is 5.43. The molecule has 156 valence electrons. The van der Waals surface area contributed by atoms with Gasteiger partial charge >= 0.3 is 0 Å². The Morgan fingerprint density at radius 1 is 1.23 bits per heavy atom. The maximum Gasteiger partial charge on any atom is 0.138 e. The maximum absolute atomic E-state index is 9.80. The van der Waals surface area contributed by atoms with Gasteiger partial charge in [-0.1, -0.05) is 12.5 Å². The summed E-state index contributed by atoms with van der Waals surface area (Å²) in [6.45, 7) is 1.46. The van der Waals surface area contributed by atoms with Gasteiger partial charge in [0.25, 0.3) is 0 Å². The number of hydrogen-bond acceptors (Lipinski definition) is 5. The summed E-state index contributed by atoms with van der Waals surface area (Å²) in [5.41, 5.74) is 3.52. The summed E-state index contributed by atoms with van der Waals surface area (Å²) in [5.74, 6) is 1.78. The van der Waals surface area contributed by atoms with E-state index in [0.717, 1.165) is 34.8 Å². The van der Waals surface area contributed by atoms with Gasteiger partial charge in [-0.05, 0) is 61.6 Å². The largest absolute Gasteiger partial charge is 0.492 e. The highest BCUT2D eigenvalue weighted by Gasteiger charge is 2.23. The van der Waals surface area contributed by atoms with Gasteiger partial charge in [0, 0.05) is 30.4 Å². The molecule has 0 saturated heterocycles. The fraction of sp³-hybridized carbons (Fsp3) is 0.417. The third-order valence-corrected chi connectivity index (χ3v) is 6.64. The molecule has 2 heterocycles. The van der Waals surface area contributed by atoms with Crippen LogP contribution in [0, 0.1) is 23.2 Å². The Morgan fingerprint density at radius 3 is 2.83 bits per heavy atom. The predicted molar refractivity (Wildman–Crippen MR) is 120 cm³/mol. The minimum Gasteiger partial charge on any atom is -0.492 e. The molecule has 0 aliphatic heterocycles. The highest BCUT2D eigenvalue weighted by molar-refractivity contribution is 7.98. The maximum atomic E-state index is 9.80. The summed E-state index contributed by atoms with van der Waals surface area (Å²) < 4.78 is 13.7. The molecule has 5 nitrogen and oxygen atoms in total. The highest BCUT2D eigenvalue weighted by atomic mass is 32.2. The average Bonchev–Trinajstić information content (AvgIpc) is 3.21. The molecule has 1 aromatic carbocycles. The quantitative estimate of drug-likeness (QED) is 0.476. The van der Waals surface area contributed by atoms with Crippen molar-refractivity contribution in [3.63, 3.8) is 0 Å². The van der Waals surface area contributed by atoms with E-state index in [-0.39, 0.29) is 0 Å². The molecule has 1 aliphatic rings. The lowest BCUT2D eigenvalue weighted by molar-refractivity contribution is 0.0983. The molecule has 30 heavy (non-hydrogen) atoms. The van der Waals surface area contributed by atoms with Crippen LogP contribution in [0.2, 0.25) is 0 Å². The van der Waals surface area contributed by atoms with Crippen LogP contribution in [0.3, 0.4) is 0 Å². The van der Waals surface area contributed by atoms with E-state index in [9.17, 15) is 5.26 Å². The second-order valence-corrected chi connectivity index (χ2v) is 8.75. The Hall–Kier alpha value is -2.49. The van der Waals surface area contributed by atoms with E-state index in [1.165, 1.54) is 19.3 Å². The van der Waals surface area contributed by atoms with Gasteiger partial charge in [0.1, 0.15) is 23.0 Å². The first-order valence-corrected chi connectivity index (χ1v) is 11.6. The molecule has 2 aromatic heterocycles. The van der Waals surface area contributed by atoms with Crippen LogP contribution in [0.15, 0.2) is 47.6 Å². The molecule has 6 heteroatoms. The van der Waals surface area contributed by atoms with Crippen molar-refractivity contribution in [1.82, 2.24) is 9.38 Å². The number of ether oxygens (including phenoxy) is 2. The first-order valence-electron chi connectivity index (χ1n) is 10.4. The number of thioether (sulfide) groups is 1. The molecule has 3 aromatic rings. The zero-order valence-corrected chi connectivity index (χ0v) is 18.3. The summed E-state index contributed by atoms with van der Waals surface area (Å²) >= 11 is 1.57. The Balaban J connectivity index is 1.62. The second-order valence-electron chi connectivity index (χ2n) is 7.90. The van der Waals surface area contributed by atoms with Crippen molar-refractivity contribution in [2.45, 2.75) is 30.6 Å². The molecule has 0 bridgehead atoms. The molecule has 0 amide bonds. The van der Waals surface area contributed by atoms with Crippen molar-refractivity contribution in [2.75, 3.05) is 26.6 Å². The molecule has 0 radical (unpaired) electrons. The minimum absolute atomic E-state index is 0.502. The van der Waals surface area contributed by atoms with Crippen LogP contribution >= 0.6 is 11.8 Å². The molecular weight excluding hydrogens is 394 g/mol. The average molecular weight is 422 g/mol. The van der Waals surface area contributed by atoms with E-state index >= 15 is 0 Å². The van der Waals surface area contributed by atoms with E-state index < -0.39 is 0 Å². The molecule has 0 spiro atoms. The third kappa shape index (κ3) is 4.33. The van der Waals surface area contributed by atoms with E-state index in [0.29, 0.717) is 29.8 Å². The number of rotatable bonds is 7. The van der Waals surface area contributed by atoms with Crippen molar-refractivity contribution in [3.05, 3.63) is 48.3 Å². The molecule has 2 atom stereocenters. The summed E-state index contributed by atoms with van der Waals surface area (Å²) in [7, 11) is 1.77. The van der Waals surface area contributed by atoms with Gasteiger partial charge in [-0.3, -0.25) is 4.40 Å². The van der Waals surface area contributed by atoms with E-state index in [2.05, 4.69) is 21.5 Å². The molecular formula is C24H27N3O2S. The Bertz CT molecular complexity index is 1050. The summed E-state index contributed by atoms with van der Waals surface area (Å²) in [5, 5.41) is 9.80. The minimum atomic E-state index is 0.502. The zero-order chi connectivity index (χ0) is 20.9. The van der Waals surface area contributed by atoms with Crippen molar-refractivity contribution < 1.29 is 9.47 Å². The van der Waals surface area contributed by atoms with E-state index in [1.807, 2.05) is 42.9 Å². The Labute approximate surface area is 182 Å². The Morgan fingerprint density at radius 2 is 2.07 bits per heavy atom. The van der Waals surface area contributed by atoms with E-state index in [1.54, 1.807) is 18.9 Å². The van der Waals surface area contributed by atoms with Crippen molar-refractivity contribution >= 4 is 17.4 Å². The molecule has 2 unspecified atom stereocenters. The molecule has 1 saturated carbocycles. The number of hydrogen-bond donors (Lipinski definition) is 0. The van der Waals surface area contributed by atoms with Gasteiger partial charge < -0.3 is 9.47 Å². The van der Waals surface area contributed by atoms with Gasteiger partial charge in [0.05, 0.1) is 18.5 Å². The third-order valence-electron chi connectivity index (χ3n) is 5.88. The number of nitriles is 1. The number of aromatic nitrogens is 2. The van der Waals surface area contributed by atoms with Gasteiger partial charge in [0.15, 0.2) is 0 Å². The lowest BCUT2D eigenvalue weighted by atomic mass is 9.82. The summed E-state index contributed by atoms with van der Waals surface area (Å²) in [6, 6.07) is 12.4. The first-order chi connectivity index (χ1) is 14.7. The lowest BCUT2D eigenvalue weighted by Gasteiger charge is -2.28. The van der Waals surface area contributed by atoms with Crippen LogP contribution in [-0.4, -0.2) is 36.0 Å². The van der Waals surface area contributed by atoms with Crippen LogP contribution in [0.5, 0.6) is 5.75 Å². The summed E-state index contributed by atoms with van der Waals surface area (Å²) in [6.07, 6.45) is 10.6. The monoisotopic (exact) mass is 421 g/mol. The van der Waals surface area contributed by atoms with Crippen LogP contribution in [0.4, 0.5) is 0 Å². The number of nitrogens with zero attached hydrogens (tertiary/aromatic N) is 3. The van der Waals surface area contributed by atoms with Crippen molar-refractivity contribution in [1.29, 1.82) is 5.26 Å². The van der Waals surface area contributed by atoms with Crippen LogP contribution in [0.25, 0.3) is 16.9 Å². The number of imidazole rings is 1. The lowest BCUT2D eigenvalue weighted by Crippen LogP contribution is -2.23. The fourth-order valence-electron chi connectivity index (χ4n) is 4.42.